The largest absolute Gasteiger partial charge is 0.459 e. The number of pyridine rings is 1. The molecule has 0 aliphatic heterocycles. The molecule has 0 fully saturated rings. The second-order valence-electron chi connectivity index (χ2n) is 5.36. The summed E-state index contributed by atoms with van der Waals surface area (Å²) in [5.41, 5.74) is 1.17. The van der Waals surface area contributed by atoms with E-state index in [1.165, 1.54) is 0 Å². The number of hydrogen-bond donors (Lipinski definition) is 0. The maximum Gasteiger partial charge on any atom is 0.328 e. The van der Waals surface area contributed by atoms with Crippen LogP contribution in [0.15, 0.2) is 35.2 Å². The second kappa shape index (κ2) is 5.75. The van der Waals surface area contributed by atoms with E-state index < -0.39 is 5.60 Å². The maximum absolute atomic E-state index is 11.7. The highest BCUT2D eigenvalue weighted by molar-refractivity contribution is 9.10. The molecule has 0 spiro atoms. The lowest BCUT2D eigenvalue weighted by Crippen LogP contribution is -2.26. The summed E-state index contributed by atoms with van der Waals surface area (Å²) in [5, 5.41) is 4.15. The lowest BCUT2D eigenvalue weighted by Gasteiger charge is -2.19. The van der Waals surface area contributed by atoms with Crippen molar-refractivity contribution in [3.8, 4) is 11.3 Å². The molecule has 2 aromatic heterocycles. The molecule has 0 unspecified atom stereocenters. The summed E-state index contributed by atoms with van der Waals surface area (Å²) in [7, 11) is 0. The van der Waals surface area contributed by atoms with Gasteiger partial charge in [0.2, 0.25) is 0 Å². The molecule has 0 bridgehead atoms. The van der Waals surface area contributed by atoms with Crippen LogP contribution in [0.3, 0.4) is 0 Å². The zero-order chi connectivity index (χ0) is 14.8. The first-order chi connectivity index (χ1) is 9.33. The number of ether oxygens (including phenoxy) is 1. The molecule has 0 aliphatic rings. The van der Waals surface area contributed by atoms with Crippen LogP contribution in [0.5, 0.6) is 0 Å². The molecular weight excluding hydrogens is 322 g/mol. The smallest absolute Gasteiger partial charge is 0.328 e. The Bertz CT molecular complexity index is 617. The van der Waals surface area contributed by atoms with Crippen molar-refractivity contribution in [1.29, 1.82) is 0 Å². The van der Waals surface area contributed by atoms with Crippen molar-refractivity contribution in [3.63, 3.8) is 0 Å². The SMILES string of the molecule is CC(C)(C)OC(=O)Cn1cc(-c2cccc(Br)n2)cn1. The molecule has 0 atom stereocenters. The highest BCUT2D eigenvalue weighted by Crippen LogP contribution is 2.18. The van der Waals surface area contributed by atoms with Gasteiger partial charge in [0.15, 0.2) is 0 Å². The Morgan fingerprint density at radius 2 is 2.15 bits per heavy atom. The third kappa shape index (κ3) is 4.16. The van der Waals surface area contributed by atoms with E-state index in [9.17, 15) is 4.79 Å². The van der Waals surface area contributed by atoms with Gasteiger partial charge in [-0.15, -0.1) is 0 Å². The molecule has 0 aliphatic carbocycles. The van der Waals surface area contributed by atoms with Gasteiger partial charge in [0, 0.05) is 11.8 Å². The molecular formula is C14H16BrN3O2. The van der Waals surface area contributed by atoms with Gasteiger partial charge in [-0.2, -0.15) is 5.10 Å². The molecule has 6 heteroatoms. The Morgan fingerprint density at radius 3 is 2.80 bits per heavy atom. The van der Waals surface area contributed by atoms with E-state index in [1.54, 1.807) is 17.1 Å². The number of aromatic nitrogens is 3. The maximum atomic E-state index is 11.7. The predicted octanol–water partition coefficient (Wildman–Crippen LogP) is 3.05. The van der Waals surface area contributed by atoms with E-state index in [0.717, 1.165) is 15.9 Å². The molecule has 0 amide bonds. The second-order valence-corrected chi connectivity index (χ2v) is 6.17. The molecule has 20 heavy (non-hydrogen) atoms. The van der Waals surface area contributed by atoms with Crippen LogP contribution < -0.4 is 0 Å². The average Bonchev–Trinajstić information content (AvgIpc) is 2.74. The number of halogens is 1. The number of esters is 1. The van der Waals surface area contributed by atoms with Crippen LogP contribution in [0.1, 0.15) is 20.8 Å². The molecule has 2 rings (SSSR count). The van der Waals surface area contributed by atoms with E-state index in [1.807, 2.05) is 39.0 Å². The summed E-state index contributed by atoms with van der Waals surface area (Å²) in [4.78, 5) is 16.1. The van der Waals surface area contributed by atoms with E-state index in [0.29, 0.717) is 0 Å². The van der Waals surface area contributed by atoms with Crippen LogP contribution in [0, 0.1) is 0 Å². The lowest BCUT2D eigenvalue weighted by atomic mass is 10.2. The fourth-order valence-corrected chi connectivity index (χ4v) is 2.00. The van der Waals surface area contributed by atoms with E-state index >= 15 is 0 Å². The first-order valence-electron chi connectivity index (χ1n) is 6.21. The third-order valence-corrected chi connectivity index (χ3v) is 2.80. The van der Waals surface area contributed by atoms with Crippen LogP contribution in [0.2, 0.25) is 0 Å². The summed E-state index contributed by atoms with van der Waals surface area (Å²) >= 11 is 3.33. The van der Waals surface area contributed by atoms with Gasteiger partial charge in [0.05, 0.1) is 11.9 Å². The minimum absolute atomic E-state index is 0.0886. The lowest BCUT2D eigenvalue weighted by molar-refractivity contribution is -0.155. The quantitative estimate of drug-likeness (QED) is 0.638. The van der Waals surface area contributed by atoms with E-state index in [2.05, 4.69) is 26.0 Å². The molecule has 5 nitrogen and oxygen atoms in total. The zero-order valence-corrected chi connectivity index (χ0v) is 13.2. The monoisotopic (exact) mass is 337 g/mol. The Labute approximate surface area is 126 Å². The molecule has 0 saturated heterocycles. The fourth-order valence-electron chi connectivity index (χ4n) is 1.66. The van der Waals surface area contributed by atoms with E-state index in [4.69, 9.17) is 4.74 Å². The van der Waals surface area contributed by atoms with Crippen LogP contribution in [0.25, 0.3) is 11.3 Å². The number of nitrogens with zero attached hydrogens (tertiary/aromatic N) is 3. The molecule has 0 N–H and O–H groups in total. The summed E-state index contributed by atoms with van der Waals surface area (Å²) in [6.07, 6.45) is 3.46. The van der Waals surface area contributed by atoms with Crippen LogP contribution in [0.4, 0.5) is 0 Å². The first kappa shape index (κ1) is 14.7. The summed E-state index contributed by atoms with van der Waals surface area (Å²) in [6, 6.07) is 5.64. The molecule has 106 valence electrons. The van der Waals surface area contributed by atoms with Crippen molar-refractivity contribution >= 4 is 21.9 Å². The number of carbonyl (C=O) groups is 1. The molecule has 0 radical (unpaired) electrons. The summed E-state index contributed by atoms with van der Waals surface area (Å²) in [5.74, 6) is -0.311. The minimum Gasteiger partial charge on any atom is -0.459 e. The average molecular weight is 338 g/mol. The van der Waals surface area contributed by atoms with Gasteiger partial charge in [-0.25, -0.2) is 4.98 Å². The highest BCUT2D eigenvalue weighted by Gasteiger charge is 2.17. The van der Waals surface area contributed by atoms with Crippen LogP contribution in [-0.4, -0.2) is 26.3 Å². The Kier molecular flexibility index (Phi) is 4.23. The Morgan fingerprint density at radius 1 is 1.40 bits per heavy atom. The van der Waals surface area contributed by atoms with Crippen molar-refractivity contribution in [2.75, 3.05) is 0 Å². The normalized spacial score (nSPS) is 11.4. The number of hydrogen-bond acceptors (Lipinski definition) is 4. The van der Waals surface area contributed by atoms with Crippen molar-refractivity contribution < 1.29 is 9.53 Å². The number of rotatable bonds is 3. The number of carbonyl (C=O) groups excluding carboxylic acids is 1. The summed E-state index contributed by atoms with van der Waals surface area (Å²) in [6.45, 7) is 5.60. The van der Waals surface area contributed by atoms with Gasteiger partial charge in [0.1, 0.15) is 16.7 Å². The topological polar surface area (TPSA) is 57.0 Å². The highest BCUT2D eigenvalue weighted by atomic mass is 79.9. The van der Waals surface area contributed by atoms with Gasteiger partial charge >= 0.3 is 5.97 Å². The Balaban J connectivity index is 2.08. The van der Waals surface area contributed by atoms with Crippen molar-refractivity contribution in [1.82, 2.24) is 14.8 Å². The molecule has 0 saturated carbocycles. The minimum atomic E-state index is -0.487. The van der Waals surface area contributed by atoms with Gasteiger partial charge in [-0.1, -0.05) is 6.07 Å². The zero-order valence-electron chi connectivity index (χ0n) is 11.6. The van der Waals surface area contributed by atoms with Crippen molar-refractivity contribution in [2.45, 2.75) is 32.9 Å². The molecule has 2 heterocycles. The summed E-state index contributed by atoms with van der Waals surface area (Å²) < 4.78 is 7.56. The van der Waals surface area contributed by atoms with Crippen LogP contribution in [-0.2, 0) is 16.1 Å². The van der Waals surface area contributed by atoms with Gasteiger partial charge < -0.3 is 4.74 Å². The van der Waals surface area contributed by atoms with Crippen molar-refractivity contribution in [2.24, 2.45) is 0 Å². The van der Waals surface area contributed by atoms with E-state index in [-0.39, 0.29) is 12.5 Å². The molecule has 0 aromatic carbocycles. The van der Waals surface area contributed by atoms with Gasteiger partial charge in [-0.3, -0.25) is 9.48 Å². The fraction of sp³-hybridized carbons (Fsp3) is 0.357. The standard InChI is InChI=1S/C14H16BrN3O2/c1-14(2,3)20-13(19)9-18-8-10(7-16-18)11-5-4-6-12(15)17-11/h4-8H,9H2,1-3H3. The van der Waals surface area contributed by atoms with Gasteiger partial charge in [-0.05, 0) is 48.8 Å². The Hall–Kier alpha value is -1.69. The third-order valence-electron chi connectivity index (χ3n) is 2.36. The van der Waals surface area contributed by atoms with Crippen LogP contribution >= 0.6 is 15.9 Å². The molecule has 2 aromatic rings. The first-order valence-corrected chi connectivity index (χ1v) is 7.00. The predicted molar refractivity (Wildman–Crippen MR) is 79.0 cm³/mol. The van der Waals surface area contributed by atoms with Crippen molar-refractivity contribution in [3.05, 3.63) is 35.2 Å². The van der Waals surface area contributed by atoms with Gasteiger partial charge in [0.25, 0.3) is 0 Å².